The van der Waals surface area contributed by atoms with Crippen LogP contribution < -0.4 is 11.1 Å². The van der Waals surface area contributed by atoms with Crippen molar-refractivity contribution in [1.82, 2.24) is 0 Å². The molecular formula is C16H24N2O2S. The molecule has 0 spiro atoms. The number of para-hydroxylation sites is 1. The topological polar surface area (TPSA) is 64.3 Å². The molecule has 0 bridgehead atoms. The first-order valence-corrected chi connectivity index (χ1v) is 7.68. The molecule has 5 heteroatoms. The summed E-state index contributed by atoms with van der Waals surface area (Å²) in [5, 5.41) is 2.84. The standard InChI is InChI=1S/C16H24N2O2S/c1-12(2)9-11-20-10-5-8-15(19)18-14-7-4-3-6-13(14)16(17)21/h3-4,6-7,12H,5,8-11H2,1-2H3,(H2,17,21)(H,18,19). The van der Waals surface area contributed by atoms with Crippen LogP contribution in [0.3, 0.4) is 0 Å². The molecule has 0 aliphatic carbocycles. The van der Waals surface area contributed by atoms with Crippen LogP contribution in [0.1, 0.15) is 38.7 Å². The summed E-state index contributed by atoms with van der Waals surface area (Å²) in [6, 6.07) is 7.28. The van der Waals surface area contributed by atoms with E-state index in [1.54, 1.807) is 12.1 Å². The van der Waals surface area contributed by atoms with Gasteiger partial charge in [-0.3, -0.25) is 4.79 Å². The Balaban J connectivity index is 2.30. The van der Waals surface area contributed by atoms with Crippen LogP contribution in [-0.2, 0) is 9.53 Å². The van der Waals surface area contributed by atoms with Crippen molar-refractivity contribution in [3.8, 4) is 0 Å². The first-order chi connectivity index (χ1) is 10.0. The van der Waals surface area contributed by atoms with Gasteiger partial charge in [-0.05, 0) is 30.9 Å². The van der Waals surface area contributed by atoms with Crippen LogP contribution in [0.2, 0.25) is 0 Å². The number of amides is 1. The number of anilines is 1. The first kappa shape index (κ1) is 17.6. The van der Waals surface area contributed by atoms with Gasteiger partial charge < -0.3 is 15.8 Å². The molecule has 0 aromatic heterocycles. The third-order valence-corrected chi connectivity index (χ3v) is 3.22. The van der Waals surface area contributed by atoms with E-state index in [2.05, 4.69) is 19.2 Å². The molecule has 3 N–H and O–H groups in total. The van der Waals surface area contributed by atoms with Crippen LogP contribution in [0.25, 0.3) is 0 Å². The van der Waals surface area contributed by atoms with Gasteiger partial charge in [0.15, 0.2) is 0 Å². The molecule has 0 aliphatic heterocycles. The van der Waals surface area contributed by atoms with Crippen molar-refractivity contribution >= 4 is 28.8 Å². The molecule has 0 atom stereocenters. The highest BCUT2D eigenvalue weighted by atomic mass is 32.1. The molecule has 0 saturated heterocycles. The van der Waals surface area contributed by atoms with Crippen LogP contribution in [-0.4, -0.2) is 24.1 Å². The quantitative estimate of drug-likeness (QED) is 0.543. The van der Waals surface area contributed by atoms with Gasteiger partial charge in [0.2, 0.25) is 5.91 Å². The molecule has 0 fully saturated rings. The van der Waals surface area contributed by atoms with Crippen LogP contribution in [0, 0.1) is 5.92 Å². The molecule has 0 radical (unpaired) electrons. The number of nitrogens with one attached hydrogen (secondary N) is 1. The van der Waals surface area contributed by atoms with Gasteiger partial charge in [0.05, 0.1) is 5.69 Å². The molecule has 1 rings (SSSR count). The summed E-state index contributed by atoms with van der Waals surface area (Å²) in [7, 11) is 0. The van der Waals surface area contributed by atoms with Crippen molar-refractivity contribution in [3.05, 3.63) is 29.8 Å². The Morgan fingerprint density at radius 3 is 2.71 bits per heavy atom. The normalized spacial score (nSPS) is 10.6. The molecule has 1 aromatic rings. The fraction of sp³-hybridized carbons (Fsp3) is 0.500. The summed E-state index contributed by atoms with van der Waals surface area (Å²) in [6.07, 6.45) is 2.18. The second-order valence-corrected chi connectivity index (χ2v) is 5.80. The van der Waals surface area contributed by atoms with E-state index in [0.717, 1.165) is 13.0 Å². The number of nitrogens with two attached hydrogens (primary N) is 1. The van der Waals surface area contributed by atoms with Gasteiger partial charge in [-0.15, -0.1) is 0 Å². The lowest BCUT2D eigenvalue weighted by atomic mass is 10.1. The molecule has 4 nitrogen and oxygen atoms in total. The minimum Gasteiger partial charge on any atom is -0.389 e. The van der Waals surface area contributed by atoms with Crippen LogP contribution in [0.4, 0.5) is 5.69 Å². The van der Waals surface area contributed by atoms with E-state index in [0.29, 0.717) is 36.6 Å². The maximum atomic E-state index is 11.9. The zero-order valence-electron chi connectivity index (χ0n) is 12.7. The lowest BCUT2D eigenvalue weighted by Gasteiger charge is -2.10. The second kappa shape index (κ2) is 9.47. The highest BCUT2D eigenvalue weighted by molar-refractivity contribution is 7.80. The van der Waals surface area contributed by atoms with E-state index in [9.17, 15) is 4.79 Å². The number of thiocarbonyl (C=S) groups is 1. The number of carbonyl (C=O) groups excluding carboxylic acids is 1. The van der Waals surface area contributed by atoms with Crippen molar-refractivity contribution in [2.75, 3.05) is 18.5 Å². The average Bonchev–Trinajstić information content (AvgIpc) is 2.42. The van der Waals surface area contributed by atoms with Crippen molar-refractivity contribution in [1.29, 1.82) is 0 Å². The predicted molar refractivity (Wildman–Crippen MR) is 90.5 cm³/mol. The van der Waals surface area contributed by atoms with Crippen molar-refractivity contribution in [2.45, 2.75) is 33.1 Å². The largest absolute Gasteiger partial charge is 0.389 e. The molecule has 0 saturated carbocycles. The summed E-state index contributed by atoms with van der Waals surface area (Å²) in [5.74, 6) is 0.594. The number of carbonyl (C=O) groups is 1. The summed E-state index contributed by atoms with van der Waals surface area (Å²) in [4.78, 5) is 12.2. The molecule has 0 heterocycles. The van der Waals surface area contributed by atoms with Gasteiger partial charge in [0.1, 0.15) is 4.99 Å². The van der Waals surface area contributed by atoms with E-state index >= 15 is 0 Å². The van der Waals surface area contributed by atoms with E-state index in [1.807, 2.05) is 12.1 Å². The minimum atomic E-state index is -0.0499. The third-order valence-electron chi connectivity index (χ3n) is 3.00. The molecule has 1 aromatic carbocycles. The Labute approximate surface area is 132 Å². The molecule has 0 unspecified atom stereocenters. The molecular weight excluding hydrogens is 284 g/mol. The highest BCUT2D eigenvalue weighted by Crippen LogP contribution is 2.15. The summed E-state index contributed by atoms with van der Waals surface area (Å²) >= 11 is 4.97. The van der Waals surface area contributed by atoms with Gasteiger partial charge in [-0.1, -0.05) is 38.2 Å². The van der Waals surface area contributed by atoms with E-state index in [1.165, 1.54) is 0 Å². The summed E-state index contributed by atoms with van der Waals surface area (Å²) < 4.78 is 5.49. The van der Waals surface area contributed by atoms with Crippen molar-refractivity contribution < 1.29 is 9.53 Å². The van der Waals surface area contributed by atoms with E-state index < -0.39 is 0 Å². The fourth-order valence-electron chi connectivity index (χ4n) is 1.78. The van der Waals surface area contributed by atoms with Gasteiger partial charge >= 0.3 is 0 Å². The Kier molecular flexibility index (Phi) is 7.93. The monoisotopic (exact) mass is 308 g/mol. The van der Waals surface area contributed by atoms with Gasteiger partial charge in [0, 0.05) is 25.2 Å². The SMILES string of the molecule is CC(C)CCOCCCC(=O)Nc1ccccc1C(N)=S. The van der Waals surface area contributed by atoms with Gasteiger partial charge in [-0.25, -0.2) is 0 Å². The fourth-order valence-corrected chi connectivity index (χ4v) is 1.95. The highest BCUT2D eigenvalue weighted by Gasteiger charge is 2.08. The molecule has 116 valence electrons. The summed E-state index contributed by atoms with van der Waals surface area (Å²) in [6.45, 7) is 5.69. The van der Waals surface area contributed by atoms with Crippen LogP contribution in [0.15, 0.2) is 24.3 Å². The Morgan fingerprint density at radius 2 is 2.05 bits per heavy atom. The summed E-state index contributed by atoms with van der Waals surface area (Å²) in [5.41, 5.74) is 6.98. The number of rotatable bonds is 9. The van der Waals surface area contributed by atoms with E-state index in [-0.39, 0.29) is 10.9 Å². The Hall–Kier alpha value is -1.46. The molecule has 1 amide bonds. The molecule has 0 aliphatic rings. The lowest BCUT2D eigenvalue weighted by Crippen LogP contribution is -2.17. The predicted octanol–water partition coefficient (Wildman–Crippen LogP) is 3.10. The average molecular weight is 308 g/mol. The maximum absolute atomic E-state index is 11.9. The van der Waals surface area contributed by atoms with Crippen LogP contribution in [0.5, 0.6) is 0 Å². The van der Waals surface area contributed by atoms with Crippen molar-refractivity contribution in [2.24, 2.45) is 11.7 Å². The minimum absolute atomic E-state index is 0.0499. The number of hydrogen-bond donors (Lipinski definition) is 2. The third kappa shape index (κ3) is 7.20. The van der Waals surface area contributed by atoms with Crippen LogP contribution >= 0.6 is 12.2 Å². The maximum Gasteiger partial charge on any atom is 0.224 e. The molecule has 21 heavy (non-hydrogen) atoms. The van der Waals surface area contributed by atoms with Crippen molar-refractivity contribution in [3.63, 3.8) is 0 Å². The smallest absolute Gasteiger partial charge is 0.224 e. The Morgan fingerprint density at radius 1 is 1.33 bits per heavy atom. The zero-order valence-corrected chi connectivity index (χ0v) is 13.5. The Bertz CT molecular complexity index is 475. The van der Waals surface area contributed by atoms with Gasteiger partial charge in [-0.2, -0.15) is 0 Å². The zero-order chi connectivity index (χ0) is 15.7. The second-order valence-electron chi connectivity index (χ2n) is 5.36. The lowest BCUT2D eigenvalue weighted by molar-refractivity contribution is -0.116. The number of hydrogen-bond acceptors (Lipinski definition) is 3. The van der Waals surface area contributed by atoms with Gasteiger partial charge in [0.25, 0.3) is 0 Å². The number of benzene rings is 1. The first-order valence-electron chi connectivity index (χ1n) is 7.27. The van der Waals surface area contributed by atoms with E-state index in [4.69, 9.17) is 22.7 Å². The number of ether oxygens (including phenoxy) is 1.